The molecule has 0 fully saturated rings. The highest BCUT2D eigenvalue weighted by molar-refractivity contribution is 5.98. The Morgan fingerprint density at radius 2 is 1.95 bits per heavy atom. The van der Waals surface area contributed by atoms with Crippen molar-refractivity contribution >= 4 is 17.5 Å². The number of nitrogens with zero attached hydrogens (tertiary/aromatic N) is 1. The van der Waals surface area contributed by atoms with Gasteiger partial charge in [-0.25, -0.2) is 0 Å². The Morgan fingerprint density at radius 1 is 1.30 bits per heavy atom. The van der Waals surface area contributed by atoms with Gasteiger partial charge in [0.25, 0.3) is 0 Å². The van der Waals surface area contributed by atoms with Crippen LogP contribution >= 0.6 is 0 Å². The van der Waals surface area contributed by atoms with Crippen LogP contribution in [0.2, 0.25) is 0 Å². The second-order valence-electron chi connectivity index (χ2n) is 5.20. The molecule has 0 aromatic heterocycles. The molecule has 4 nitrogen and oxygen atoms in total. The second kappa shape index (κ2) is 7.08. The molecule has 20 heavy (non-hydrogen) atoms. The fourth-order valence-electron chi connectivity index (χ4n) is 1.96. The van der Waals surface area contributed by atoms with Gasteiger partial charge in [-0.15, -0.1) is 0 Å². The Kier molecular flexibility index (Phi) is 5.74. The number of carbonyl (C=O) groups excluding carboxylic acids is 2. The van der Waals surface area contributed by atoms with Gasteiger partial charge >= 0.3 is 0 Å². The Morgan fingerprint density at radius 3 is 2.50 bits per heavy atom. The minimum Gasteiger partial charge on any atom is -0.352 e. The number of carbonyl (C=O) groups is 2. The van der Waals surface area contributed by atoms with Gasteiger partial charge in [-0.05, 0) is 44.4 Å². The molecule has 2 amide bonds. The summed E-state index contributed by atoms with van der Waals surface area (Å²) in [5.74, 6) is -0.256. The van der Waals surface area contributed by atoms with Crippen LogP contribution in [0.25, 0.3) is 0 Å². The summed E-state index contributed by atoms with van der Waals surface area (Å²) in [6, 6.07) is 5.89. The van der Waals surface area contributed by atoms with E-state index >= 15 is 0 Å². The topological polar surface area (TPSA) is 49.4 Å². The van der Waals surface area contributed by atoms with Crippen LogP contribution in [-0.2, 0) is 9.59 Å². The first-order valence-corrected chi connectivity index (χ1v) is 7.00. The van der Waals surface area contributed by atoms with Crippen molar-refractivity contribution in [3.8, 4) is 0 Å². The van der Waals surface area contributed by atoms with E-state index in [0.717, 1.165) is 23.2 Å². The van der Waals surface area contributed by atoms with Gasteiger partial charge < -0.3 is 10.2 Å². The number of hydrogen-bond donors (Lipinski definition) is 1. The molecule has 0 aliphatic heterocycles. The SMILES string of the molecule is CCC(C)NC(=O)CN(C(C)=O)c1cccc(C)c1C. The van der Waals surface area contributed by atoms with Gasteiger partial charge in [-0.3, -0.25) is 9.59 Å². The van der Waals surface area contributed by atoms with E-state index in [1.165, 1.54) is 11.8 Å². The normalized spacial score (nSPS) is 11.8. The summed E-state index contributed by atoms with van der Waals surface area (Å²) in [5.41, 5.74) is 2.94. The number of anilines is 1. The van der Waals surface area contributed by atoms with Crippen molar-refractivity contribution in [2.45, 2.75) is 47.1 Å². The maximum atomic E-state index is 12.0. The molecule has 0 bridgehead atoms. The Balaban J connectivity index is 2.93. The molecule has 0 heterocycles. The van der Waals surface area contributed by atoms with Crippen molar-refractivity contribution < 1.29 is 9.59 Å². The van der Waals surface area contributed by atoms with Crippen LogP contribution in [0.5, 0.6) is 0 Å². The van der Waals surface area contributed by atoms with Gasteiger partial charge in [-0.2, -0.15) is 0 Å². The fraction of sp³-hybridized carbons (Fsp3) is 0.500. The van der Waals surface area contributed by atoms with Crippen LogP contribution < -0.4 is 10.2 Å². The Labute approximate surface area is 121 Å². The van der Waals surface area contributed by atoms with E-state index in [1.54, 1.807) is 0 Å². The van der Waals surface area contributed by atoms with Gasteiger partial charge in [0, 0.05) is 18.7 Å². The van der Waals surface area contributed by atoms with Crippen LogP contribution in [0.1, 0.15) is 38.3 Å². The average Bonchev–Trinajstić information content (AvgIpc) is 2.39. The van der Waals surface area contributed by atoms with Crippen molar-refractivity contribution in [2.24, 2.45) is 0 Å². The van der Waals surface area contributed by atoms with E-state index in [0.29, 0.717) is 0 Å². The van der Waals surface area contributed by atoms with Crippen LogP contribution in [0.15, 0.2) is 18.2 Å². The quantitative estimate of drug-likeness (QED) is 0.898. The maximum Gasteiger partial charge on any atom is 0.240 e. The molecule has 0 radical (unpaired) electrons. The minimum absolute atomic E-state index is 0.0595. The number of amides is 2. The zero-order valence-electron chi connectivity index (χ0n) is 13.0. The van der Waals surface area contributed by atoms with Crippen molar-refractivity contribution in [1.82, 2.24) is 5.32 Å². The number of nitrogens with one attached hydrogen (secondary N) is 1. The van der Waals surface area contributed by atoms with Gasteiger partial charge in [0.1, 0.15) is 6.54 Å². The van der Waals surface area contributed by atoms with Crippen molar-refractivity contribution in [2.75, 3.05) is 11.4 Å². The molecular weight excluding hydrogens is 252 g/mol. The predicted molar refractivity (Wildman–Crippen MR) is 81.8 cm³/mol. The third-order valence-corrected chi connectivity index (χ3v) is 3.57. The summed E-state index contributed by atoms with van der Waals surface area (Å²) in [7, 11) is 0. The first-order valence-electron chi connectivity index (χ1n) is 7.00. The van der Waals surface area contributed by atoms with Crippen molar-refractivity contribution in [1.29, 1.82) is 0 Å². The number of hydrogen-bond acceptors (Lipinski definition) is 2. The monoisotopic (exact) mass is 276 g/mol. The average molecular weight is 276 g/mol. The molecule has 1 N–H and O–H groups in total. The summed E-state index contributed by atoms with van der Waals surface area (Å²) >= 11 is 0. The molecule has 1 rings (SSSR count). The highest BCUT2D eigenvalue weighted by Gasteiger charge is 2.18. The number of aryl methyl sites for hydroxylation is 1. The van der Waals surface area contributed by atoms with Crippen LogP contribution in [-0.4, -0.2) is 24.4 Å². The lowest BCUT2D eigenvalue weighted by Gasteiger charge is -2.24. The number of benzene rings is 1. The van der Waals surface area contributed by atoms with E-state index in [2.05, 4.69) is 5.32 Å². The van der Waals surface area contributed by atoms with Gasteiger partial charge in [-0.1, -0.05) is 19.1 Å². The van der Waals surface area contributed by atoms with E-state index in [4.69, 9.17) is 0 Å². The molecule has 110 valence electrons. The van der Waals surface area contributed by atoms with E-state index < -0.39 is 0 Å². The molecule has 0 saturated carbocycles. The molecule has 1 atom stereocenters. The fourth-order valence-corrected chi connectivity index (χ4v) is 1.96. The second-order valence-corrected chi connectivity index (χ2v) is 5.20. The van der Waals surface area contributed by atoms with Crippen molar-refractivity contribution in [3.63, 3.8) is 0 Å². The van der Waals surface area contributed by atoms with Crippen molar-refractivity contribution in [3.05, 3.63) is 29.3 Å². The molecule has 1 aromatic carbocycles. The first-order chi connectivity index (χ1) is 9.36. The highest BCUT2D eigenvalue weighted by Crippen LogP contribution is 2.22. The highest BCUT2D eigenvalue weighted by atomic mass is 16.2. The lowest BCUT2D eigenvalue weighted by molar-refractivity contribution is -0.123. The lowest BCUT2D eigenvalue weighted by Crippen LogP contribution is -2.43. The summed E-state index contributed by atoms with van der Waals surface area (Å²) in [6.07, 6.45) is 0.870. The first kappa shape index (κ1) is 16.2. The van der Waals surface area contributed by atoms with Gasteiger partial charge in [0.15, 0.2) is 0 Å². The van der Waals surface area contributed by atoms with Gasteiger partial charge in [0.2, 0.25) is 11.8 Å². The van der Waals surface area contributed by atoms with E-state index in [-0.39, 0.29) is 24.4 Å². The molecule has 1 aromatic rings. The third kappa shape index (κ3) is 4.08. The lowest BCUT2D eigenvalue weighted by atomic mass is 10.1. The molecule has 1 unspecified atom stereocenters. The van der Waals surface area contributed by atoms with Crippen LogP contribution in [0, 0.1) is 13.8 Å². The zero-order valence-corrected chi connectivity index (χ0v) is 13.0. The third-order valence-electron chi connectivity index (χ3n) is 3.57. The molecule has 0 spiro atoms. The predicted octanol–water partition coefficient (Wildman–Crippen LogP) is 2.57. The number of rotatable bonds is 5. The van der Waals surface area contributed by atoms with Crippen LogP contribution in [0.3, 0.4) is 0 Å². The smallest absolute Gasteiger partial charge is 0.240 e. The molecule has 0 aliphatic rings. The summed E-state index contributed by atoms with van der Waals surface area (Å²) in [6.45, 7) is 9.47. The summed E-state index contributed by atoms with van der Waals surface area (Å²) in [4.78, 5) is 25.4. The van der Waals surface area contributed by atoms with Crippen LogP contribution in [0.4, 0.5) is 5.69 Å². The standard InChI is InChI=1S/C16H24N2O2/c1-6-12(3)17-16(20)10-18(14(5)19)15-9-7-8-11(2)13(15)4/h7-9,12H,6,10H2,1-5H3,(H,17,20). The van der Waals surface area contributed by atoms with Gasteiger partial charge in [0.05, 0.1) is 0 Å². The maximum absolute atomic E-state index is 12.0. The van der Waals surface area contributed by atoms with E-state index in [1.807, 2.05) is 45.9 Å². The largest absolute Gasteiger partial charge is 0.352 e. The Hall–Kier alpha value is -1.84. The summed E-state index contributed by atoms with van der Waals surface area (Å²) in [5, 5.41) is 2.89. The molecule has 4 heteroatoms. The summed E-state index contributed by atoms with van der Waals surface area (Å²) < 4.78 is 0. The molecule has 0 aliphatic carbocycles. The minimum atomic E-state index is -0.129. The Bertz CT molecular complexity index is 497. The molecule has 0 saturated heterocycles. The van der Waals surface area contributed by atoms with E-state index in [9.17, 15) is 9.59 Å². The zero-order chi connectivity index (χ0) is 15.3. The molecular formula is C16H24N2O2.